The van der Waals surface area contributed by atoms with E-state index in [2.05, 4.69) is 4.72 Å². The Balaban J connectivity index is 2.27. The Hall–Kier alpha value is -2.41. The molecule has 0 aliphatic rings. The van der Waals surface area contributed by atoms with Crippen LogP contribution >= 0.6 is 0 Å². The summed E-state index contributed by atoms with van der Waals surface area (Å²) in [5.74, 6) is 1.57. The summed E-state index contributed by atoms with van der Waals surface area (Å²) >= 11 is 0. The van der Waals surface area contributed by atoms with Gasteiger partial charge in [-0.15, -0.1) is 0 Å². The third-order valence-corrected chi connectivity index (χ3v) is 4.48. The number of methoxy groups -OCH3 is 2. The monoisotopic (exact) mass is 337 g/mol. The van der Waals surface area contributed by atoms with Gasteiger partial charge in [0.25, 0.3) is 10.0 Å². The molecular weight excluding hydrogens is 318 g/mol. The van der Waals surface area contributed by atoms with E-state index < -0.39 is 10.0 Å². The first-order valence-corrected chi connectivity index (χ1v) is 8.46. The minimum absolute atomic E-state index is 0.138. The van der Waals surface area contributed by atoms with Crippen molar-refractivity contribution in [2.24, 2.45) is 0 Å². The summed E-state index contributed by atoms with van der Waals surface area (Å²) in [6.07, 6.45) is 0. The number of ether oxygens (including phenoxy) is 3. The highest BCUT2D eigenvalue weighted by molar-refractivity contribution is 7.92. The predicted molar refractivity (Wildman–Crippen MR) is 88.0 cm³/mol. The first-order valence-electron chi connectivity index (χ1n) is 6.98. The number of rotatable bonds is 7. The second kappa shape index (κ2) is 7.23. The van der Waals surface area contributed by atoms with Crippen LogP contribution in [0.15, 0.2) is 47.4 Å². The van der Waals surface area contributed by atoms with Crippen LogP contribution in [0.3, 0.4) is 0 Å². The van der Waals surface area contributed by atoms with E-state index in [1.807, 2.05) is 6.92 Å². The molecule has 2 rings (SSSR count). The molecule has 2 aromatic carbocycles. The van der Waals surface area contributed by atoms with Crippen LogP contribution < -0.4 is 18.9 Å². The molecular formula is C16H19NO5S. The highest BCUT2D eigenvalue weighted by Crippen LogP contribution is 2.31. The lowest BCUT2D eigenvalue weighted by molar-refractivity contribution is 0.340. The van der Waals surface area contributed by atoms with Gasteiger partial charge >= 0.3 is 0 Å². The number of benzene rings is 2. The zero-order valence-electron chi connectivity index (χ0n) is 13.2. The summed E-state index contributed by atoms with van der Waals surface area (Å²) < 4.78 is 43.0. The first-order chi connectivity index (χ1) is 11.0. The van der Waals surface area contributed by atoms with Gasteiger partial charge in [0.15, 0.2) is 0 Å². The van der Waals surface area contributed by atoms with E-state index in [-0.39, 0.29) is 4.90 Å². The van der Waals surface area contributed by atoms with Gasteiger partial charge in [-0.2, -0.15) is 0 Å². The number of nitrogens with one attached hydrogen (secondary N) is 1. The largest absolute Gasteiger partial charge is 0.497 e. The quantitative estimate of drug-likeness (QED) is 0.841. The summed E-state index contributed by atoms with van der Waals surface area (Å²) in [4.78, 5) is 0.138. The molecule has 124 valence electrons. The Bertz CT molecular complexity index is 757. The average Bonchev–Trinajstić information content (AvgIpc) is 2.55. The molecule has 7 heteroatoms. The lowest BCUT2D eigenvalue weighted by Crippen LogP contribution is -2.13. The molecule has 0 bridgehead atoms. The molecule has 1 N–H and O–H groups in total. The molecule has 0 atom stereocenters. The summed E-state index contributed by atoms with van der Waals surface area (Å²) in [6.45, 7) is 2.38. The van der Waals surface area contributed by atoms with Crippen molar-refractivity contribution in [1.29, 1.82) is 0 Å². The first kappa shape index (κ1) is 17.0. The highest BCUT2D eigenvalue weighted by atomic mass is 32.2. The van der Waals surface area contributed by atoms with E-state index in [1.54, 1.807) is 30.3 Å². The molecule has 0 aliphatic carbocycles. The van der Waals surface area contributed by atoms with E-state index in [0.717, 1.165) is 0 Å². The van der Waals surface area contributed by atoms with Crippen molar-refractivity contribution in [2.75, 3.05) is 25.5 Å². The normalized spacial score (nSPS) is 10.9. The molecule has 0 unspecified atom stereocenters. The van der Waals surface area contributed by atoms with Crippen molar-refractivity contribution < 1.29 is 22.6 Å². The van der Waals surface area contributed by atoms with Gasteiger partial charge in [-0.25, -0.2) is 8.42 Å². The molecule has 0 aromatic heterocycles. The van der Waals surface area contributed by atoms with Gasteiger partial charge in [-0.1, -0.05) is 0 Å². The minimum Gasteiger partial charge on any atom is -0.497 e. The number of sulfonamides is 1. The fraction of sp³-hybridized carbons (Fsp3) is 0.250. The zero-order chi connectivity index (χ0) is 16.9. The molecule has 0 amide bonds. The fourth-order valence-corrected chi connectivity index (χ4v) is 3.04. The van der Waals surface area contributed by atoms with Gasteiger partial charge in [0.05, 0.1) is 31.4 Å². The maximum absolute atomic E-state index is 12.5. The van der Waals surface area contributed by atoms with Crippen molar-refractivity contribution >= 4 is 15.7 Å². The van der Waals surface area contributed by atoms with Crippen molar-refractivity contribution in [3.8, 4) is 17.2 Å². The Kier molecular flexibility index (Phi) is 5.33. The van der Waals surface area contributed by atoms with Gasteiger partial charge < -0.3 is 14.2 Å². The predicted octanol–water partition coefficient (Wildman–Crippen LogP) is 2.90. The Labute approximate surface area is 136 Å². The molecule has 0 spiro atoms. The lowest BCUT2D eigenvalue weighted by atomic mass is 10.3. The third kappa shape index (κ3) is 4.07. The smallest absolute Gasteiger partial charge is 0.262 e. The van der Waals surface area contributed by atoms with E-state index in [1.165, 1.54) is 26.4 Å². The Morgan fingerprint density at radius 2 is 1.61 bits per heavy atom. The summed E-state index contributed by atoms with van der Waals surface area (Å²) in [5.41, 5.74) is 0.335. The molecule has 2 aromatic rings. The average molecular weight is 337 g/mol. The highest BCUT2D eigenvalue weighted by Gasteiger charge is 2.17. The Morgan fingerprint density at radius 1 is 0.957 bits per heavy atom. The van der Waals surface area contributed by atoms with Crippen LogP contribution in [0.5, 0.6) is 17.2 Å². The van der Waals surface area contributed by atoms with Crippen LogP contribution in [0.2, 0.25) is 0 Å². The zero-order valence-corrected chi connectivity index (χ0v) is 14.0. The van der Waals surface area contributed by atoms with Gasteiger partial charge in [-0.05, 0) is 43.3 Å². The van der Waals surface area contributed by atoms with Crippen molar-refractivity contribution in [3.63, 3.8) is 0 Å². The van der Waals surface area contributed by atoms with Crippen LogP contribution in [0, 0.1) is 0 Å². The number of hydrogen-bond acceptors (Lipinski definition) is 5. The van der Waals surface area contributed by atoms with Crippen molar-refractivity contribution in [3.05, 3.63) is 42.5 Å². The summed E-state index contributed by atoms with van der Waals surface area (Å²) in [6, 6.07) is 11.1. The number of hydrogen-bond donors (Lipinski definition) is 1. The molecule has 6 nitrogen and oxygen atoms in total. The van der Waals surface area contributed by atoms with Crippen LogP contribution in [-0.4, -0.2) is 29.2 Å². The second-order valence-electron chi connectivity index (χ2n) is 4.58. The van der Waals surface area contributed by atoms with Gasteiger partial charge in [0, 0.05) is 6.07 Å². The third-order valence-electron chi connectivity index (χ3n) is 3.10. The molecule has 0 aliphatic heterocycles. The van der Waals surface area contributed by atoms with E-state index in [0.29, 0.717) is 29.5 Å². The second-order valence-corrected chi connectivity index (χ2v) is 6.26. The standard InChI is InChI=1S/C16H19NO5S/c1-4-22-12-5-8-14(9-6-12)23(18,19)17-15-10-7-13(20-2)11-16(15)21-3/h5-11,17H,4H2,1-3H3. The van der Waals surface area contributed by atoms with E-state index >= 15 is 0 Å². The van der Waals surface area contributed by atoms with Crippen LogP contribution in [0.25, 0.3) is 0 Å². The molecule has 23 heavy (non-hydrogen) atoms. The number of anilines is 1. The fourth-order valence-electron chi connectivity index (χ4n) is 1.97. The maximum atomic E-state index is 12.5. The van der Waals surface area contributed by atoms with E-state index in [4.69, 9.17) is 14.2 Å². The van der Waals surface area contributed by atoms with Crippen molar-refractivity contribution in [2.45, 2.75) is 11.8 Å². The minimum atomic E-state index is -3.72. The van der Waals surface area contributed by atoms with E-state index in [9.17, 15) is 8.42 Å². The maximum Gasteiger partial charge on any atom is 0.262 e. The van der Waals surface area contributed by atoms with Gasteiger partial charge in [0.1, 0.15) is 17.2 Å². The SMILES string of the molecule is CCOc1ccc(S(=O)(=O)Nc2ccc(OC)cc2OC)cc1. The Morgan fingerprint density at radius 3 is 2.17 bits per heavy atom. The molecule has 0 fully saturated rings. The molecule has 0 heterocycles. The van der Waals surface area contributed by atoms with Gasteiger partial charge in [0.2, 0.25) is 0 Å². The summed E-state index contributed by atoms with van der Waals surface area (Å²) in [5, 5.41) is 0. The van der Waals surface area contributed by atoms with Crippen molar-refractivity contribution in [1.82, 2.24) is 0 Å². The molecule has 0 saturated heterocycles. The molecule has 0 saturated carbocycles. The van der Waals surface area contributed by atoms with Crippen LogP contribution in [-0.2, 0) is 10.0 Å². The van der Waals surface area contributed by atoms with Gasteiger partial charge in [-0.3, -0.25) is 4.72 Å². The molecule has 0 radical (unpaired) electrons. The lowest BCUT2D eigenvalue weighted by Gasteiger charge is -2.13. The summed E-state index contributed by atoms with van der Waals surface area (Å²) in [7, 11) is -0.735. The van der Waals surface area contributed by atoms with Crippen LogP contribution in [0.1, 0.15) is 6.92 Å². The topological polar surface area (TPSA) is 73.9 Å². The van der Waals surface area contributed by atoms with Crippen LogP contribution in [0.4, 0.5) is 5.69 Å².